The molecule has 3 nitrogen and oxygen atoms in total. The van der Waals surface area contributed by atoms with Gasteiger partial charge in [0.1, 0.15) is 17.4 Å². The van der Waals surface area contributed by atoms with Crippen LogP contribution in [0.4, 0.5) is 14.5 Å². The van der Waals surface area contributed by atoms with Crippen LogP contribution in [0.15, 0.2) is 42.5 Å². The van der Waals surface area contributed by atoms with E-state index in [1.165, 1.54) is 6.07 Å². The number of benzene rings is 2. The van der Waals surface area contributed by atoms with Crippen molar-refractivity contribution in [3.63, 3.8) is 0 Å². The summed E-state index contributed by atoms with van der Waals surface area (Å²) in [6.45, 7) is -0.311. The Morgan fingerprint density at radius 1 is 1.15 bits per heavy atom. The van der Waals surface area contributed by atoms with E-state index in [1.807, 2.05) is 0 Å². The highest BCUT2D eigenvalue weighted by Crippen LogP contribution is 2.23. The normalized spacial score (nSPS) is 12.0. The van der Waals surface area contributed by atoms with Crippen molar-refractivity contribution in [2.75, 3.05) is 19.0 Å². The second-order valence-electron chi connectivity index (χ2n) is 4.27. The van der Waals surface area contributed by atoms with Crippen LogP contribution in [0, 0.1) is 11.6 Å². The van der Waals surface area contributed by atoms with Crippen molar-refractivity contribution in [1.29, 1.82) is 0 Å². The lowest BCUT2D eigenvalue weighted by Gasteiger charge is -2.19. The van der Waals surface area contributed by atoms with Crippen LogP contribution >= 0.6 is 0 Å². The predicted molar refractivity (Wildman–Crippen MR) is 72.8 cm³/mol. The predicted octanol–water partition coefficient (Wildman–Crippen LogP) is 3.12. The molecular formula is C15H15F2NO2. The Bertz CT molecular complexity index is 573. The summed E-state index contributed by atoms with van der Waals surface area (Å²) in [6.07, 6.45) is 0. The van der Waals surface area contributed by atoms with E-state index in [4.69, 9.17) is 4.74 Å². The van der Waals surface area contributed by atoms with E-state index in [-0.39, 0.29) is 12.2 Å². The number of ether oxygens (including phenoxy) is 1. The third-order valence-corrected chi connectivity index (χ3v) is 2.95. The molecule has 2 aromatic rings. The van der Waals surface area contributed by atoms with Crippen LogP contribution in [0.2, 0.25) is 0 Å². The fourth-order valence-electron chi connectivity index (χ4n) is 1.89. The Balaban J connectivity index is 2.19. The van der Waals surface area contributed by atoms with Gasteiger partial charge in [-0.05, 0) is 30.3 Å². The molecule has 0 spiro atoms. The van der Waals surface area contributed by atoms with Crippen molar-refractivity contribution >= 4 is 5.69 Å². The fraction of sp³-hybridized carbons (Fsp3) is 0.200. The largest absolute Gasteiger partial charge is 0.497 e. The first-order valence-electron chi connectivity index (χ1n) is 6.10. The quantitative estimate of drug-likeness (QED) is 0.883. The van der Waals surface area contributed by atoms with Crippen LogP contribution in [0.3, 0.4) is 0 Å². The monoisotopic (exact) mass is 279 g/mol. The molecule has 2 aromatic carbocycles. The molecule has 0 bridgehead atoms. The maximum Gasteiger partial charge on any atom is 0.131 e. The highest BCUT2D eigenvalue weighted by molar-refractivity contribution is 5.48. The van der Waals surface area contributed by atoms with E-state index in [9.17, 15) is 13.9 Å². The van der Waals surface area contributed by atoms with Gasteiger partial charge in [-0.25, -0.2) is 8.78 Å². The molecule has 0 amide bonds. The molecule has 2 rings (SSSR count). The highest BCUT2D eigenvalue weighted by Gasteiger charge is 2.15. The number of methoxy groups -OCH3 is 1. The molecule has 0 aliphatic heterocycles. The van der Waals surface area contributed by atoms with Crippen LogP contribution in [0.1, 0.15) is 11.6 Å². The van der Waals surface area contributed by atoms with Crippen LogP contribution in [0.5, 0.6) is 5.75 Å². The van der Waals surface area contributed by atoms with Gasteiger partial charge in [0.05, 0.1) is 19.8 Å². The molecular weight excluding hydrogens is 264 g/mol. The molecule has 5 heteroatoms. The topological polar surface area (TPSA) is 41.5 Å². The summed E-state index contributed by atoms with van der Waals surface area (Å²) in [7, 11) is 1.56. The van der Waals surface area contributed by atoms with Gasteiger partial charge in [0.15, 0.2) is 0 Å². The van der Waals surface area contributed by atoms with Crippen LogP contribution in [0.25, 0.3) is 0 Å². The number of anilines is 1. The van der Waals surface area contributed by atoms with Gasteiger partial charge in [0.25, 0.3) is 0 Å². The minimum absolute atomic E-state index is 0.213. The standard InChI is InChI=1S/C15H15F2NO2/c1-20-12-5-3-11(4-6-12)18-15(9-19)13-7-2-10(16)8-14(13)17/h2-8,15,18-19H,9H2,1H3. The van der Waals surface area contributed by atoms with E-state index < -0.39 is 17.7 Å². The van der Waals surface area contributed by atoms with Gasteiger partial charge < -0.3 is 15.2 Å². The molecule has 0 radical (unpaired) electrons. The second-order valence-corrected chi connectivity index (χ2v) is 4.27. The first-order chi connectivity index (χ1) is 9.63. The maximum absolute atomic E-state index is 13.7. The molecule has 2 N–H and O–H groups in total. The highest BCUT2D eigenvalue weighted by atomic mass is 19.1. The van der Waals surface area contributed by atoms with Gasteiger partial charge in [0.2, 0.25) is 0 Å². The van der Waals surface area contributed by atoms with E-state index in [2.05, 4.69) is 5.32 Å². The fourth-order valence-corrected chi connectivity index (χ4v) is 1.89. The number of aliphatic hydroxyl groups excluding tert-OH is 1. The third kappa shape index (κ3) is 3.24. The molecule has 0 aromatic heterocycles. The molecule has 0 fully saturated rings. The molecule has 0 saturated heterocycles. The third-order valence-electron chi connectivity index (χ3n) is 2.95. The molecule has 1 atom stereocenters. The van der Waals surface area contributed by atoms with Crippen molar-refractivity contribution in [2.24, 2.45) is 0 Å². The van der Waals surface area contributed by atoms with Gasteiger partial charge in [0, 0.05) is 17.3 Å². The van der Waals surface area contributed by atoms with Gasteiger partial charge >= 0.3 is 0 Å². The van der Waals surface area contributed by atoms with Crippen molar-refractivity contribution in [1.82, 2.24) is 0 Å². The Morgan fingerprint density at radius 3 is 2.40 bits per heavy atom. The molecule has 0 heterocycles. The summed E-state index contributed by atoms with van der Waals surface area (Å²) >= 11 is 0. The van der Waals surface area contributed by atoms with Crippen LogP contribution in [-0.4, -0.2) is 18.8 Å². The number of nitrogens with one attached hydrogen (secondary N) is 1. The zero-order valence-electron chi connectivity index (χ0n) is 10.9. The van der Waals surface area contributed by atoms with Gasteiger partial charge in [-0.15, -0.1) is 0 Å². The lowest BCUT2D eigenvalue weighted by Crippen LogP contribution is -2.16. The Kier molecular flexibility index (Phi) is 4.53. The average Bonchev–Trinajstić information content (AvgIpc) is 2.46. The number of hydrogen-bond donors (Lipinski definition) is 2. The summed E-state index contributed by atoms with van der Waals surface area (Å²) < 4.78 is 31.6. The van der Waals surface area contributed by atoms with Crippen LogP contribution < -0.4 is 10.1 Å². The number of halogens is 2. The van der Waals surface area contributed by atoms with Gasteiger partial charge in [-0.3, -0.25) is 0 Å². The second kappa shape index (κ2) is 6.34. The summed E-state index contributed by atoms with van der Waals surface area (Å²) in [5.74, 6) is -0.637. The molecule has 106 valence electrons. The first kappa shape index (κ1) is 14.3. The lowest BCUT2D eigenvalue weighted by molar-refractivity contribution is 0.273. The Labute approximate surface area is 115 Å². The smallest absolute Gasteiger partial charge is 0.131 e. The van der Waals surface area contributed by atoms with Crippen molar-refractivity contribution in [3.05, 3.63) is 59.7 Å². The summed E-state index contributed by atoms with van der Waals surface area (Å²) in [5, 5.41) is 12.4. The van der Waals surface area contributed by atoms with E-state index in [0.29, 0.717) is 11.4 Å². The van der Waals surface area contributed by atoms with Gasteiger partial charge in [-0.2, -0.15) is 0 Å². The zero-order valence-corrected chi connectivity index (χ0v) is 10.9. The summed E-state index contributed by atoms with van der Waals surface area (Å²) in [6, 6.07) is 9.64. The van der Waals surface area contributed by atoms with Crippen molar-refractivity contribution in [2.45, 2.75) is 6.04 Å². The summed E-state index contributed by atoms with van der Waals surface area (Å²) in [5.41, 5.74) is 0.915. The molecule has 0 aliphatic rings. The lowest BCUT2D eigenvalue weighted by atomic mass is 10.1. The first-order valence-corrected chi connectivity index (χ1v) is 6.10. The molecule has 1 unspecified atom stereocenters. The number of hydrogen-bond acceptors (Lipinski definition) is 3. The van der Waals surface area contributed by atoms with E-state index in [0.717, 1.165) is 12.1 Å². The minimum Gasteiger partial charge on any atom is -0.497 e. The SMILES string of the molecule is COc1ccc(NC(CO)c2ccc(F)cc2F)cc1. The Hall–Kier alpha value is -2.14. The van der Waals surface area contributed by atoms with Crippen molar-refractivity contribution in [3.8, 4) is 5.75 Å². The summed E-state index contributed by atoms with van der Waals surface area (Å²) in [4.78, 5) is 0. The Morgan fingerprint density at radius 2 is 1.85 bits per heavy atom. The molecule has 0 aliphatic carbocycles. The van der Waals surface area contributed by atoms with Crippen LogP contribution in [-0.2, 0) is 0 Å². The average molecular weight is 279 g/mol. The minimum atomic E-state index is -0.690. The molecule has 20 heavy (non-hydrogen) atoms. The van der Waals surface area contributed by atoms with E-state index >= 15 is 0 Å². The number of aliphatic hydroxyl groups is 1. The molecule has 0 saturated carbocycles. The number of rotatable bonds is 5. The zero-order chi connectivity index (χ0) is 14.5. The van der Waals surface area contributed by atoms with Gasteiger partial charge in [-0.1, -0.05) is 6.07 Å². The maximum atomic E-state index is 13.7. The van der Waals surface area contributed by atoms with Crippen molar-refractivity contribution < 1.29 is 18.6 Å². The van der Waals surface area contributed by atoms with E-state index in [1.54, 1.807) is 31.4 Å².